The third-order valence-corrected chi connectivity index (χ3v) is 13.5. The number of fused-ring (bicyclic) bond motifs is 3. The van der Waals surface area contributed by atoms with Gasteiger partial charge in [0.15, 0.2) is 41.0 Å². The number of rotatable bonds is 14. The van der Waals surface area contributed by atoms with Crippen LogP contribution in [-0.2, 0) is 55.9 Å². The van der Waals surface area contributed by atoms with Crippen molar-refractivity contribution < 1.29 is 56.9 Å². The molecule has 0 saturated carbocycles. The zero-order chi connectivity index (χ0) is 42.8. The molecule has 27 nitrogen and oxygen atoms in total. The lowest BCUT2D eigenvalue weighted by atomic mass is 10.2. The van der Waals surface area contributed by atoms with Gasteiger partial charge in [0.05, 0.1) is 44.7 Å². The Hall–Kier alpha value is -4.29. The summed E-state index contributed by atoms with van der Waals surface area (Å²) in [5, 5.41) is 21.0. The molecule has 3 aliphatic rings. The molecule has 61 heavy (non-hydrogen) atoms. The highest BCUT2D eigenvalue weighted by Gasteiger charge is 2.46. The number of aromatic amines is 2. The van der Waals surface area contributed by atoms with E-state index in [-0.39, 0.29) is 54.6 Å². The molecule has 6 aromatic rings. The molecule has 3 saturated heterocycles. The second-order valence-corrected chi connectivity index (χ2v) is 19.7. The number of nitrogens with zero attached hydrogens (tertiary/aromatic N) is 10. The fourth-order valence-electron chi connectivity index (χ4n) is 7.48. The highest BCUT2D eigenvalue weighted by Crippen LogP contribution is 2.52. The number of imidazole rings is 3. The lowest BCUT2D eigenvalue weighted by Crippen LogP contribution is -2.46. The molecule has 326 valence electrons. The zero-order valence-electron chi connectivity index (χ0n) is 31.3. The molecule has 11 atom stereocenters. The number of aliphatic hydroxyl groups excluding tert-OH is 2. The normalized spacial score (nSPS) is 28.9. The molecule has 2 unspecified atom stereocenters. The largest absolute Gasteiger partial charge is 0.394 e. The van der Waals surface area contributed by atoms with Crippen molar-refractivity contribution in [3.8, 4) is 0 Å². The van der Waals surface area contributed by atoms with E-state index in [2.05, 4.69) is 44.9 Å². The summed E-state index contributed by atoms with van der Waals surface area (Å²) >= 11 is 10.8. The Morgan fingerprint density at radius 2 is 1.38 bits per heavy atom. The van der Waals surface area contributed by atoms with Crippen LogP contribution in [0.4, 0.5) is 17.6 Å². The molecule has 6 aromatic heterocycles. The standard InChI is InChI=1S/C30H37N15O12P2S2/c31-24-21-26(37-8-35-24)43(10-40-21)18-1-12(47)16(54-18)5-51-58(49,60)57-14-2-19(44-11-41-22-25(32)36-9-38-27(22)44)55-17(14)6-52-59(50,61)56-13-3-20(53-15(13)4-46)45-28-23(34-7-39-28)29(48)42-30(45)33/h7-20,46-47H,1-6H2,(H9,31,32,33,34,35,36,37,38,39,42,48,49,50,60,61)/p+1/t12-,13-,14-,15-,16-,17-,18-,19-,20-,58?,59?/m1/s1. The molecule has 3 fully saturated rings. The maximum absolute atomic E-state index is 12.4. The number of anilines is 3. The second-order valence-electron chi connectivity index (χ2n) is 14.1. The Morgan fingerprint density at radius 3 is 2.00 bits per heavy atom. The van der Waals surface area contributed by atoms with E-state index in [4.69, 9.17) is 73.1 Å². The Labute approximate surface area is 351 Å². The van der Waals surface area contributed by atoms with Crippen molar-refractivity contribution in [1.82, 2.24) is 54.0 Å². The van der Waals surface area contributed by atoms with Gasteiger partial charge in [0, 0.05) is 19.3 Å². The molecule has 0 spiro atoms. The monoisotopic (exact) mass is 926 g/mol. The van der Waals surface area contributed by atoms with Gasteiger partial charge < -0.3 is 74.5 Å². The minimum Gasteiger partial charge on any atom is -0.394 e. The van der Waals surface area contributed by atoms with Crippen LogP contribution in [0.2, 0.25) is 0 Å². The predicted molar refractivity (Wildman–Crippen MR) is 214 cm³/mol. The fourth-order valence-corrected chi connectivity index (χ4v) is 10.4. The molecule has 0 aromatic carbocycles. The summed E-state index contributed by atoms with van der Waals surface area (Å²) in [5.74, 6) is 0.254. The molecule has 12 N–H and O–H groups in total. The molecular weight excluding hydrogens is 889 g/mol. The average molecular weight is 927 g/mol. The first-order valence-corrected chi connectivity index (χ1v) is 23.6. The van der Waals surface area contributed by atoms with E-state index in [0.717, 1.165) is 0 Å². The Bertz CT molecular complexity index is 2760. The van der Waals surface area contributed by atoms with Crippen LogP contribution in [0, 0.1) is 0 Å². The van der Waals surface area contributed by atoms with Gasteiger partial charge in [-0.3, -0.25) is 13.9 Å². The minimum absolute atomic E-state index is 0.00963. The number of H-pyrrole nitrogens is 2. The molecule has 0 bridgehead atoms. The predicted octanol–water partition coefficient (Wildman–Crippen LogP) is -1.58. The lowest BCUT2D eigenvalue weighted by molar-refractivity contribution is -0.728. The van der Waals surface area contributed by atoms with E-state index in [0.29, 0.717) is 22.3 Å². The van der Waals surface area contributed by atoms with Crippen LogP contribution >= 0.6 is 13.4 Å². The van der Waals surface area contributed by atoms with Crippen LogP contribution in [0.15, 0.2) is 36.4 Å². The molecular formula is C30H38N15O12P2S2+. The summed E-state index contributed by atoms with van der Waals surface area (Å²) < 4.78 is 46.4. The summed E-state index contributed by atoms with van der Waals surface area (Å²) in [6.45, 7) is -9.59. The minimum atomic E-state index is -4.15. The van der Waals surface area contributed by atoms with Crippen LogP contribution in [0.3, 0.4) is 0 Å². The summed E-state index contributed by atoms with van der Waals surface area (Å²) in [5.41, 5.74) is 19.3. The number of nitrogen functional groups attached to an aromatic ring is 3. The van der Waals surface area contributed by atoms with Crippen molar-refractivity contribution in [2.24, 2.45) is 0 Å². The zero-order valence-corrected chi connectivity index (χ0v) is 34.7. The van der Waals surface area contributed by atoms with Crippen LogP contribution in [0.5, 0.6) is 0 Å². The van der Waals surface area contributed by atoms with Crippen molar-refractivity contribution in [3.05, 3.63) is 42.0 Å². The first-order valence-electron chi connectivity index (χ1n) is 18.4. The first kappa shape index (κ1) is 42.0. The SMILES string of the molecule is Nc1ncnc2c1ncn2[C@H]1C[C@@H](O)[C@@H](COP(O)(=S)O[C@@H]2C[C@H](n3cnc4c(N)ncnc43)O[C@@H]2COP(O)(=S)O[C@@H]2C[C@H]([n+]3c(N)[nH]c(=O)c4[nH]cnc43)O[C@@H]2CO)O1. The lowest BCUT2D eigenvalue weighted by Gasteiger charge is -2.27. The maximum atomic E-state index is 12.4. The van der Waals surface area contributed by atoms with Gasteiger partial charge in [-0.1, -0.05) is 0 Å². The van der Waals surface area contributed by atoms with Gasteiger partial charge in [-0.25, -0.2) is 34.9 Å². The van der Waals surface area contributed by atoms with Gasteiger partial charge in [-0.05, 0) is 23.6 Å². The molecule has 9 rings (SSSR count). The Balaban J connectivity index is 0.883. The maximum Gasteiger partial charge on any atom is 0.324 e. The molecule has 31 heteroatoms. The van der Waals surface area contributed by atoms with Crippen LogP contribution in [-0.4, -0.2) is 130 Å². The highest BCUT2D eigenvalue weighted by molar-refractivity contribution is 8.07. The summed E-state index contributed by atoms with van der Waals surface area (Å²) in [6.07, 6.45) is -1.53. The molecule has 9 heterocycles. The van der Waals surface area contributed by atoms with E-state index in [1.165, 1.54) is 36.2 Å². The van der Waals surface area contributed by atoms with E-state index in [1.807, 2.05) is 0 Å². The average Bonchev–Trinajstić information content (AvgIpc) is 4.07. The van der Waals surface area contributed by atoms with Crippen molar-refractivity contribution in [3.63, 3.8) is 0 Å². The summed E-state index contributed by atoms with van der Waals surface area (Å²) in [4.78, 5) is 69.4. The number of hydrogen-bond acceptors (Lipinski definition) is 22. The van der Waals surface area contributed by atoms with Gasteiger partial charge in [-0.2, -0.15) is 4.57 Å². The van der Waals surface area contributed by atoms with Crippen molar-refractivity contribution in [2.45, 2.75) is 74.6 Å². The topological polar surface area (TPSA) is 376 Å². The number of aromatic nitrogens is 12. The molecule has 0 radical (unpaired) electrons. The third-order valence-electron chi connectivity index (χ3n) is 10.3. The second kappa shape index (κ2) is 16.4. The van der Waals surface area contributed by atoms with E-state index >= 15 is 0 Å². The first-order chi connectivity index (χ1) is 29.2. The van der Waals surface area contributed by atoms with Crippen molar-refractivity contribution >= 4 is 88.1 Å². The van der Waals surface area contributed by atoms with Gasteiger partial charge >= 0.3 is 24.9 Å². The van der Waals surface area contributed by atoms with Gasteiger partial charge in [0.2, 0.25) is 0 Å². The summed E-state index contributed by atoms with van der Waals surface area (Å²) in [7, 11) is 0. The number of ether oxygens (including phenoxy) is 3. The number of nitrogens with one attached hydrogen (secondary N) is 2. The van der Waals surface area contributed by atoms with Gasteiger partial charge in [0.25, 0.3) is 5.65 Å². The van der Waals surface area contributed by atoms with Gasteiger partial charge in [-0.15, -0.1) is 4.98 Å². The third kappa shape index (κ3) is 8.23. The number of nitrogens with two attached hydrogens (primary N) is 3. The fraction of sp³-hybridized carbons (Fsp3) is 0.500. The van der Waals surface area contributed by atoms with Crippen molar-refractivity contribution in [2.75, 3.05) is 37.0 Å². The Kier molecular flexibility index (Phi) is 11.3. The highest BCUT2D eigenvalue weighted by atomic mass is 32.5. The van der Waals surface area contributed by atoms with E-state index in [9.17, 15) is 24.8 Å². The molecule has 0 aliphatic carbocycles. The summed E-state index contributed by atoms with van der Waals surface area (Å²) in [6, 6.07) is 0. The van der Waals surface area contributed by atoms with Gasteiger partial charge in [0.1, 0.15) is 60.6 Å². The van der Waals surface area contributed by atoms with E-state index < -0.39 is 87.5 Å². The Morgan fingerprint density at radius 1 is 0.803 bits per heavy atom. The van der Waals surface area contributed by atoms with E-state index in [1.54, 1.807) is 9.13 Å². The van der Waals surface area contributed by atoms with Crippen LogP contribution in [0.1, 0.15) is 37.9 Å². The number of hydrogen-bond donors (Lipinski definition) is 9. The smallest absolute Gasteiger partial charge is 0.324 e. The molecule has 0 amide bonds. The van der Waals surface area contributed by atoms with Crippen LogP contribution < -0.4 is 27.3 Å². The quantitative estimate of drug-likeness (QED) is 0.0439. The van der Waals surface area contributed by atoms with Crippen molar-refractivity contribution in [1.29, 1.82) is 0 Å². The number of aliphatic hydroxyl groups is 2. The van der Waals surface area contributed by atoms with Crippen LogP contribution in [0.25, 0.3) is 33.5 Å². The molecule has 3 aliphatic heterocycles.